The Kier molecular flexibility index (Phi) is 6.51. The van der Waals surface area contributed by atoms with Crippen LogP contribution in [0.15, 0.2) is 16.5 Å². The number of furan rings is 1. The highest BCUT2D eigenvalue weighted by atomic mass is 19.2. The lowest BCUT2D eigenvalue weighted by molar-refractivity contribution is 0.113. The summed E-state index contributed by atoms with van der Waals surface area (Å²) < 4.78 is 71.1. The molecule has 4 atom stereocenters. The van der Waals surface area contributed by atoms with E-state index in [1.165, 1.54) is 37.8 Å². The molecule has 3 aromatic rings. The van der Waals surface area contributed by atoms with Gasteiger partial charge in [0, 0.05) is 6.07 Å². The Balaban J connectivity index is 1.49. The summed E-state index contributed by atoms with van der Waals surface area (Å²) in [6, 6.07) is 2.73. The van der Waals surface area contributed by atoms with Crippen LogP contribution in [0.3, 0.4) is 0 Å². The fourth-order valence-electron chi connectivity index (χ4n) is 6.50. The number of hydrogen-bond donors (Lipinski definition) is 0. The van der Waals surface area contributed by atoms with Gasteiger partial charge in [0.25, 0.3) is 0 Å². The van der Waals surface area contributed by atoms with Crippen molar-refractivity contribution >= 4 is 21.9 Å². The molecule has 2 fully saturated rings. The third-order valence-electron chi connectivity index (χ3n) is 8.13. The molecule has 1 aromatic heterocycles. The number of halogens is 4. The quantitative estimate of drug-likeness (QED) is 0.331. The summed E-state index contributed by atoms with van der Waals surface area (Å²) in [6.45, 7) is 4.28. The molecule has 0 aliphatic heterocycles. The van der Waals surface area contributed by atoms with Crippen LogP contribution in [0.2, 0.25) is 0 Å². The second-order valence-corrected chi connectivity index (χ2v) is 10.3. The highest BCUT2D eigenvalue weighted by Gasteiger charge is 2.37. The maximum Gasteiger partial charge on any atom is 0.201 e. The lowest BCUT2D eigenvalue weighted by Gasteiger charge is -2.42. The van der Waals surface area contributed by atoms with E-state index in [4.69, 9.17) is 9.15 Å². The minimum atomic E-state index is -1.28. The molecule has 2 aliphatic carbocycles. The Hall–Kier alpha value is -2.24. The second-order valence-electron chi connectivity index (χ2n) is 10.3. The van der Waals surface area contributed by atoms with Gasteiger partial charge in [-0.25, -0.2) is 13.2 Å². The standard InChI is InChI=1S/C28H32F4O2/c1-3-5-15-6-7-17-12-18(9-8-16(17)11-15)19-13-20-23(27(31)25(19)29)24-21(34-20)14-22(33-10-4-2)26(30)28(24)32/h13-18H,3-12H2,1-2H3. The first-order valence-electron chi connectivity index (χ1n) is 12.8. The molecule has 0 radical (unpaired) electrons. The SMILES string of the molecule is CCCOc1cc2oc3cc(C4CCC5CC(CCC)CCC5C4)c(F)c(F)c3c2c(F)c1F. The molecule has 1 heterocycles. The van der Waals surface area contributed by atoms with Crippen LogP contribution in [0.1, 0.15) is 83.1 Å². The average Bonchev–Trinajstić information content (AvgIpc) is 3.21. The maximum absolute atomic E-state index is 15.3. The van der Waals surface area contributed by atoms with E-state index in [1.807, 2.05) is 6.92 Å². The number of fused-ring (bicyclic) bond motifs is 4. The lowest BCUT2D eigenvalue weighted by atomic mass is 9.63. The fraction of sp³-hybridized carbons (Fsp3) is 0.571. The second kappa shape index (κ2) is 9.43. The average molecular weight is 477 g/mol. The van der Waals surface area contributed by atoms with Crippen molar-refractivity contribution in [2.45, 2.75) is 77.6 Å². The largest absolute Gasteiger partial charge is 0.490 e. The van der Waals surface area contributed by atoms with Crippen LogP contribution in [-0.2, 0) is 0 Å². The molecule has 6 heteroatoms. The molecule has 2 aliphatic rings. The van der Waals surface area contributed by atoms with E-state index >= 15 is 8.78 Å². The van der Waals surface area contributed by atoms with E-state index in [2.05, 4.69) is 6.92 Å². The molecule has 2 nitrogen and oxygen atoms in total. The smallest absolute Gasteiger partial charge is 0.201 e. The van der Waals surface area contributed by atoms with Gasteiger partial charge in [-0.1, -0.05) is 33.1 Å². The highest BCUT2D eigenvalue weighted by Crippen LogP contribution is 2.50. The monoisotopic (exact) mass is 476 g/mol. The third-order valence-corrected chi connectivity index (χ3v) is 8.13. The zero-order chi connectivity index (χ0) is 24.0. The molecule has 0 N–H and O–H groups in total. The van der Waals surface area contributed by atoms with Gasteiger partial charge in [0.1, 0.15) is 11.2 Å². The van der Waals surface area contributed by atoms with Gasteiger partial charge in [0.05, 0.1) is 17.4 Å². The van der Waals surface area contributed by atoms with Gasteiger partial charge in [-0.05, 0) is 73.8 Å². The van der Waals surface area contributed by atoms with Gasteiger partial charge < -0.3 is 9.15 Å². The number of hydrogen-bond acceptors (Lipinski definition) is 2. The zero-order valence-corrected chi connectivity index (χ0v) is 19.9. The molecular weight excluding hydrogens is 444 g/mol. The fourth-order valence-corrected chi connectivity index (χ4v) is 6.50. The minimum Gasteiger partial charge on any atom is -0.490 e. The van der Waals surface area contributed by atoms with Crippen molar-refractivity contribution in [2.24, 2.45) is 17.8 Å². The van der Waals surface area contributed by atoms with E-state index in [9.17, 15) is 8.78 Å². The van der Waals surface area contributed by atoms with Crippen molar-refractivity contribution in [1.82, 2.24) is 0 Å². The molecule has 0 saturated heterocycles. The van der Waals surface area contributed by atoms with Crippen molar-refractivity contribution in [3.63, 3.8) is 0 Å². The molecule has 5 rings (SSSR count). The van der Waals surface area contributed by atoms with Crippen LogP contribution in [0.4, 0.5) is 17.6 Å². The molecule has 34 heavy (non-hydrogen) atoms. The summed E-state index contributed by atoms with van der Waals surface area (Å²) in [5.74, 6) is -3.02. The Morgan fingerprint density at radius 2 is 1.47 bits per heavy atom. The van der Waals surface area contributed by atoms with E-state index in [0.717, 1.165) is 31.6 Å². The zero-order valence-electron chi connectivity index (χ0n) is 19.9. The summed E-state index contributed by atoms with van der Waals surface area (Å²) in [5.41, 5.74) is 0.290. The van der Waals surface area contributed by atoms with Gasteiger partial charge in [0.2, 0.25) is 5.82 Å². The first kappa shape index (κ1) is 23.5. The predicted molar refractivity (Wildman–Crippen MR) is 125 cm³/mol. The van der Waals surface area contributed by atoms with E-state index in [0.29, 0.717) is 23.8 Å². The highest BCUT2D eigenvalue weighted by molar-refractivity contribution is 6.06. The summed E-state index contributed by atoms with van der Waals surface area (Å²) in [7, 11) is 0. The van der Waals surface area contributed by atoms with Crippen LogP contribution in [0.25, 0.3) is 21.9 Å². The van der Waals surface area contributed by atoms with Crippen LogP contribution in [-0.4, -0.2) is 6.61 Å². The molecule has 0 bridgehead atoms. The third kappa shape index (κ3) is 3.97. The van der Waals surface area contributed by atoms with Crippen LogP contribution in [0.5, 0.6) is 5.75 Å². The van der Waals surface area contributed by atoms with Gasteiger partial charge in [0.15, 0.2) is 23.2 Å². The summed E-state index contributed by atoms with van der Waals surface area (Å²) >= 11 is 0. The first-order chi connectivity index (χ1) is 16.4. The van der Waals surface area contributed by atoms with Gasteiger partial charge in [-0.2, -0.15) is 4.39 Å². The van der Waals surface area contributed by atoms with E-state index in [-0.39, 0.29) is 40.2 Å². The van der Waals surface area contributed by atoms with Crippen LogP contribution >= 0.6 is 0 Å². The number of benzene rings is 2. The molecule has 0 amide bonds. The molecule has 2 saturated carbocycles. The van der Waals surface area contributed by atoms with Crippen LogP contribution in [0, 0.1) is 41.0 Å². The summed E-state index contributed by atoms with van der Waals surface area (Å²) in [4.78, 5) is 0. The predicted octanol–water partition coefficient (Wildman–Crippen LogP) is 9.03. The number of ether oxygens (including phenoxy) is 1. The molecule has 184 valence electrons. The van der Waals surface area contributed by atoms with Crippen LogP contribution < -0.4 is 4.74 Å². The van der Waals surface area contributed by atoms with Crippen molar-refractivity contribution in [1.29, 1.82) is 0 Å². The van der Waals surface area contributed by atoms with Crippen molar-refractivity contribution in [2.75, 3.05) is 6.61 Å². The van der Waals surface area contributed by atoms with Crippen molar-refractivity contribution in [3.05, 3.63) is 41.0 Å². The summed E-state index contributed by atoms with van der Waals surface area (Å²) in [5, 5.41) is -0.722. The molecule has 0 spiro atoms. The van der Waals surface area contributed by atoms with E-state index < -0.39 is 23.3 Å². The number of rotatable bonds is 6. The molecule has 4 unspecified atom stereocenters. The van der Waals surface area contributed by atoms with Crippen molar-refractivity contribution in [3.8, 4) is 5.75 Å². The Morgan fingerprint density at radius 1 is 0.794 bits per heavy atom. The maximum atomic E-state index is 15.3. The summed E-state index contributed by atoms with van der Waals surface area (Å²) in [6.07, 6.45) is 9.38. The Bertz CT molecular complexity index is 1200. The van der Waals surface area contributed by atoms with Gasteiger partial charge >= 0.3 is 0 Å². The molecular formula is C28H32F4O2. The lowest BCUT2D eigenvalue weighted by Crippen LogP contribution is -2.30. The topological polar surface area (TPSA) is 22.4 Å². The van der Waals surface area contributed by atoms with Gasteiger partial charge in [-0.15, -0.1) is 0 Å². The minimum absolute atomic E-state index is 0.0450. The van der Waals surface area contributed by atoms with Gasteiger partial charge in [-0.3, -0.25) is 0 Å². The molecule has 2 aromatic carbocycles. The Labute approximate surface area is 197 Å². The van der Waals surface area contributed by atoms with Crippen molar-refractivity contribution < 1.29 is 26.7 Å². The normalized spacial score (nSPS) is 25.1. The van der Waals surface area contributed by atoms with E-state index in [1.54, 1.807) is 0 Å². The first-order valence-corrected chi connectivity index (χ1v) is 12.8. The Morgan fingerprint density at radius 3 is 2.21 bits per heavy atom.